The van der Waals surface area contributed by atoms with Gasteiger partial charge in [0.1, 0.15) is 5.82 Å². The molecule has 0 saturated heterocycles. The summed E-state index contributed by atoms with van der Waals surface area (Å²) >= 11 is 6.25. The maximum Gasteiger partial charge on any atom is 0.123 e. The fraction of sp³-hybridized carbons (Fsp3) is 0.357. The lowest BCUT2D eigenvalue weighted by Crippen LogP contribution is -2.15. The van der Waals surface area contributed by atoms with E-state index in [0.29, 0.717) is 13.1 Å². The molecule has 1 N–H and O–H groups in total. The van der Waals surface area contributed by atoms with Crippen molar-refractivity contribution in [3.05, 3.63) is 52.1 Å². The topological polar surface area (TPSA) is 29.9 Å². The van der Waals surface area contributed by atoms with Gasteiger partial charge in [-0.15, -0.1) is 0 Å². The highest BCUT2D eigenvalue weighted by molar-refractivity contribution is 6.31. The zero-order chi connectivity index (χ0) is 13.8. The fourth-order valence-corrected chi connectivity index (χ4v) is 2.34. The van der Waals surface area contributed by atoms with Crippen molar-refractivity contribution in [1.82, 2.24) is 15.1 Å². The van der Waals surface area contributed by atoms with Crippen LogP contribution in [0.4, 0.5) is 4.39 Å². The molecule has 0 saturated carbocycles. The summed E-state index contributed by atoms with van der Waals surface area (Å²) in [5, 5.41) is 8.32. The Balaban J connectivity index is 1.98. The molecule has 19 heavy (non-hydrogen) atoms. The van der Waals surface area contributed by atoms with Crippen molar-refractivity contribution in [2.75, 3.05) is 0 Å². The van der Waals surface area contributed by atoms with E-state index < -0.39 is 0 Å². The predicted molar refractivity (Wildman–Crippen MR) is 74.5 cm³/mol. The molecule has 0 aliphatic heterocycles. The second-order valence-corrected chi connectivity index (χ2v) is 4.80. The molecule has 2 aromatic rings. The summed E-state index contributed by atoms with van der Waals surface area (Å²) < 4.78 is 14.8. The van der Waals surface area contributed by atoms with Gasteiger partial charge in [0.15, 0.2) is 0 Å². The number of aromatic nitrogens is 2. The van der Waals surface area contributed by atoms with Gasteiger partial charge in [-0.05, 0) is 24.1 Å². The Morgan fingerprint density at radius 3 is 2.79 bits per heavy atom. The SMILES string of the molecule is CCc1nn(C)c(CNCc2cccc(F)c2)c1Cl. The largest absolute Gasteiger partial charge is 0.307 e. The van der Waals surface area contributed by atoms with E-state index in [2.05, 4.69) is 10.4 Å². The van der Waals surface area contributed by atoms with Crippen LogP contribution in [0.15, 0.2) is 24.3 Å². The van der Waals surface area contributed by atoms with Crippen molar-refractivity contribution >= 4 is 11.6 Å². The molecule has 0 bridgehead atoms. The number of aryl methyl sites for hydroxylation is 2. The van der Waals surface area contributed by atoms with E-state index in [0.717, 1.165) is 28.4 Å². The van der Waals surface area contributed by atoms with E-state index in [-0.39, 0.29) is 5.82 Å². The Labute approximate surface area is 117 Å². The molecule has 2 rings (SSSR count). The van der Waals surface area contributed by atoms with E-state index >= 15 is 0 Å². The molecule has 1 aromatic carbocycles. The molecule has 3 nitrogen and oxygen atoms in total. The molecular formula is C14H17ClFN3. The lowest BCUT2D eigenvalue weighted by molar-refractivity contribution is 0.608. The summed E-state index contributed by atoms with van der Waals surface area (Å²) in [5.74, 6) is -0.217. The zero-order valence-corrected chi connectivity index (χ0v) is 11.8. The third-order valence-electron chi connectivity index (χ3n) is 3.01. The number of hydrogen-bond donors (Lipinski definition) is 1. The second kappa shape index (κ2) is 6.17. The van der Waals surface area contributed by atoms with Gasteiger partial charge in [0.25, 0.3) is 0 Å². The van der Waals surface area contributed by atoms with Crippen molar-refractivity contribution < 1.29 is 4.39 Å². The van der Waals surface area contributed by atoms with Gasteiger partial charge < -0.3 is 5.32 Å². The first-order valence-corrected chi connectivity index (χ1v) is 6.65. The third kappa shape index (κ3) is 3.33. The van der Waals surface area contributed by atoms with E-state index in [1.165, 1.54) is 12.1 Å². The van der Waals surface area contributed by atoms with E-state index in [4.69, 9.17) is 11.6 Å². The molecule has 0 aliphatic rings. The monoisotopic (exact) mass is 281 g/mol. The lowest BCUT2D eigenvalue weighted by Gasteiger charge is -2.06. The molecule has 0 fully saturated rings. The Hall–Kier alpha value is -1.39. The van der Waals surface area contributed by atoms with Crippen LogP contribution in [0.2, 0.25) is 5.02 Å². The van der Waals surface area contributed by atoms with Crippen molar-refractivity contribution in [3.8, 4) is 0 Å². The molecule has 0 aliphatic carbocycles. The number of halogens is 2. The van der Waals surface area contributed by atoms with Gasteiger partial charge in [-0.1, -0.05) is 30.7 Å². The van der Waals surface area contributed by atoms with Crippen LogP contribution >= 0.6 is 11.6 Å². The minimum atomic E-state index is -0.217. The minimum absolute atomic E-state index is 0.217. The summed E-state index contributed by atoms with van der Waals surface area (Å²) in [6, 6.07) is 6.56. The maximum atomic E-state index is 13.0. The first-order chi connectivity index (χ1) is 9.11. The van der Waals surface area contributed by atoms with Crippen LogP contribution in [0.25, 0.3) is 0 Å². The van der Waals surface area contributed by atoms with Crippen molar-refractivity contribution in [3.63, 3.8) is 0 Å². The average Bonchev–Trinajstić information content (AvgIpc) is 2.66. The van der Waals surface area contributed by atoms with Crippen LogP contribution in [-0.4, -0.2) is 9.78 Å². The molecule has 0 unspecified atom stereocenters. The van der Waals surface area contributed by atoms with E-state index in [1.807, 2.05) is 20.0 Å². The highest BCUT2D eigenvalue weighted by Gasteiger charge is 2.12. The van der Waals surface area contributed by atoms with Crippen molar-refractivity contribution in [2.24, 2.45) is 7.05 Å². The molecule has 0 amide bonds. The number of nitrogens with zero attached hydrogens (tertiary/aromatic N) is 2. The van der Waals surface area contributed by atoms with E-state index in [9.17, 15) is 4.39 Å². The Kier molecular flexibility index (Phi) is 4.56. The van der Waals surface area contributed by atoms with Gasteiger partial charge in [0, 0.05) is 20.1 Å². The number of hydrogen-bond acceptors (Lipinski definition) is 2. The van der Waals surface area contributed by atoms with E-state index in [1.54, 1.807) is 10.7 Å². The van der Waals surface area contributed by atoms with Crippen LogP contribution in [-0.2, 0) is 26.6 Å². The maximum absolute atomic E-state index is 13.0. The first kappa shape index (κ1) is 14.0. The lowest BCUT2D eigenvalue weighted by atomic mass is 10.2. The normalized spacial score (nSPS) is 10.9. The van der Waals surface area contributed by atoms with Gasteiger partial charge in [0.05, 0.1) is 16.4 Å². The summed E-state index contributed by atoms with van der Waals surface area (Å²) in [4.78, 5) is 0. The fourth-order valence-electron chi connectivity index (χ4n) is 1.98. The standard InChI is InChI=1S/C14H17ClFN3/c1-3-12-14(15)13(19(2)18-12)9-17-8-10-5-4-6-11(16)7-10/h4-7,17H,3,8-9H2,1-2H3. The van der Waals surface area contributed by atoms with Crippen LogP contribution in [0, 0.1) is 5.82 Å². The van der Waals surface area contributed by atoms with Gasteiger partial charge in [-0.3, -0.25) is 4.68 Å². The molecule has 0 atom stereocenters. The quantitative estimate of drug-likeness (QED) is 0.913. The molecule has 0 spiro atoms. The molecule has 1 heterocycles. The summed E-state index contributed by atoms with van der Waals surface area (Å²) in [6.45, 7) is 3.23. The number of rotatable bonds is 5. The Morgan fingerprint density at radius 1 is 1.37 bits per heavy atom. The molecule has 5 heteroatoms. The summed E-state index contributed by atoms with van der Waals surface area (Å²) in [7, 11) is 1.88. The predicted octanol–water partition coefficient (Wildman–Crippen LogP) is 3.06. The zero-order valence-electron chi connectivity index (χ0n) is 11.1. The minimum Gasteiger partial charge on any atom is -0.307 e. The van der Waals surface area contributed by atoms with Crippen molar-refractivity contribution in [2.45, 2.75) is 26.4 Å². The van der Waals surface area contributed by atoms with Crippen molar-refractivity contribution in [1.29, 1.82) is 0 Å². The third-order valence-corrected chi connectivity index (χ3v) is 3.45. The summed E-state index contributed by atoms with van der Waals surface area (Å²) in [5.41, 5.74) is 2.77. The second-order valence-electron chi connectivity index (χ2n) is 4.42. The molecule has 0 radical (unpaired) electrons. The number of benzene rings is 1. The highest BCUT2D eigenvalue weighted by atomic mass is 35.5. The highest BCUT2D eigenvalue weighted by Crippen LogP contribution is 2.20. The van der Waals surface area contributed by atoms with Gasteiger partial charge >= 0.3 is 0 Å². The van der Waals surface area contributed by atoms with Crippen LogP contribution in [0.5, 0.6) is 0 Å². The smallest absolute Gasteiger partial charge is 0.123 e. The molecule has 1 aromatic heterocycles. The van der Waals surface area contributed by atoms with Crippen LogP contribution < -0.4 is 5.32 Å². The average molecular weight is 282 g/mol. The first-order valence-electron chi connectivity index (χ1n) is 6.27. The van der Waals surface area contributed by atoms with Crippen LogP contribution in [0.1, 0.15) is 23.9 Å². The number of nitrogens with one attached hydrogen (secondary N) is 1. The Morgan fingerprint density at radius 2 is 2.16 bits per heavy atom. The van der Waals surface area contributed by atoms with Gasteiger partial charge in [-0.25, -0.2) is 4.39 Å². The van der Waals surface area contributed by atoms with Crippen LogP contribution in [0.3, 0.4) is 0 Å². The van der Waals surface area contributed by atoms with Gasteiger partial charge in [-0.2, -0.15) is 5.10 Å². The summed E-state index contributed by atoms with van der Waals surface area (Å²) in [6.07, 6.45) is 0.816. The Bertz CT molecular complexity index is 566. The van der Waals surface area contributed by atoms with Gasteiger partial charge in [0.2, 0.25) is 0 Å². The molecular weight excluding hydrogens is 265 g/mol. The molecule has 102 valence electrons.